The lowest BCUT2D eigenvalue weighted by Crippen LogP contribution is -2.51. The summed E-state index contributed by atoms with van der Waals surface area (Å²) in [5.41, 5.74) is 10.4. The molecule has 0 saturated carbocycles. The average molecular weight is 630 g/mol. The fourth-order valence-corrected chi connectivity index (χ4v) is 6.79. The first kappa shape index (κ1) is 34.2. The summed E-state index contributed by atoms with van der Waals surface area (Å²) in [5, 5.41) is 10.5. The third-order valence-electron chi connectivity index (χ3n) is 8.58. The summed E-state index contributed by atoms with van der Waals surface area (Å²) in [4.78, 5) is 28.0. The van der Waals surface area contributed by atoms with E-state index in [1.54, 1.807) is 13.1 Å². The molecule has 1 heterocycles. The van der Waals surface area contributed by atoms with E-state index < -0.39 is 17.4 Å². The molecule has 3 aromatic carbocycles. The lowest BCUT2D eigenvalue weighted by Gasteiger charge is -2.34. The summed E-state index contributed by atoms with van der Waals surface area (Å²) in [6, 6.07) is 22.6. The van der Waals surface area contributed by atoms with Gasteiger partial charge in [0.25, 0.3) is 0 Å². The molecule has 1 aliphatic rings. The number of amides is 2. The molecular formula is C36H47N5O3S. The van der Waals surface area contributed by atoms with Gasteiger partial charge < -0.3 is 20.5 Å². The van der Waals surface area contributed by atoms with Crippen LogP contribution >= 0.6 is 0 Å². The minimum absolute atomic E-state index is 0.0397. The van der Waals surface area contributed by atoms with Gasteiger partial charge in [0.05, 0.1) is 11.4 Å². The van der Waals surface area contributed by atoms with Crippen LogP contribution in [0, 0.1) is 11.3 Å². The maximum atomic E-state index is 13.9. The van der Waals surface area contributed by atoms with E-state index in [9.17, 15) is 14.1 Å². The van der Waals surface area contributed by atoms with Crippen LogP contribution in [0.5, 0.6) is 0 Å². The molecule has 240 valence electrons. The van der Waals surface area contributed by atoms with Crippen LogP contribution in [0.15, 0.2) is 77.7 Å². The first-order valence-corrected chi connectivity index (χ1v) is 16.9. The third-order valence-corrected chi connectivity index (χ3v) is 9.76. The van der Waals surface area contributed by atoms with Crippen molar-refractivity contribution < 1.29 is 14.1 Å². The lowest BCUT2D eigenvalue weighted by molar-refractivity contribution is -0.134. The van der Waals surface area contributed by atoms with E-state index in [0.29, 0.717) is 42.3 Å². The number of rotatable bonds is 12. The number of nitrogens with one attached hydrogen (secondary N) is 3. The van der Waals surface area contributed by atoms with Crippen molar-refractivity contribution in [1.29, 1.82) is 5.41 Å². The minimum Gasteiger partial charge on any atom is -0.593 e. The highest BCUT2D eigenvalue weighted by atomic mass is 32.2. The first-order chi connectivity index (χ1) is 21.4. The number of likely N-dealkylation sites (tertiary alicyclic amines) is 1. The molecule has 3 aromatic rings. The molecule has 1 unspecified atom stereocenters. The number of hydrogen-bond acceptors (Lipinski definition) is 5. The molecule has 9 heteroatoms. The number of amidine groups is 1. The van der Waals surface area contributed by atoms with E-state index in [0.717, 1.165) is 42.4 Å². The molecule has 0 aromatic heterocycles. The molecule has 0 aliphatic carbocycles. The summed E-state index contributed by atoms with van der Waals surface area (Å²) >= 11 is -1.65. The van der Waals surface area contributed by atoms with Gasteiger partial charge in [0.2, 0.25) is 11.8 Å². The number of carbonyl (C=O) groups excluding carboxylic acids is 2. The van der Waals surface area contributed by atoms with Crippen LogP contribution in [0.3, 0.4) is 0 Å². The van der Waals surface area contributed by atoms with Crippen LogP contribution in [0.2, 0.25) is 0 Å². The van der Waals surface area contributed by atoms with Crippen molar-refractivity contribution in [3.63, 3.8) is 0 Å². The zero-order chi connectivity index (χ0) is 32.6. The molecule has 2 amide bonds. The first-order valence-electron chi connectivity index (χ1n) is 15.8. The predicted octanol–water partition coefficient (Wildman–Crippen LogP) is 5.31. The third kappa shape index (κ3) is 9.66. The molecule has 0 spiro atoms. The van der Waals surface area contributed by atoms with Gasteiger partial charge in [-0.15, -0.1) is 4.72 Å². The molecule has 1 fully saturated rings. The van der Waals surface area contributed by atoms with Gasteiger partial charge in [0.1, 0.15) is 11.9 Å². The second kappa shape index (κ2) is 15.6. The van der Waals surface area contributed by atoms with Gasteiger partial charge in [-0.25, -0.2) is 0 Å². The number of benzene rings is 3. The van der Waals surface area contributed by atoms with Crippen molar-refractivity contribution in [2.75, 3.05) is 20.1 Å². The van der Waals surface area contributed by atoms with Crippen LogP contribution in [0.1, 0.15) is 69.6 Å². The molecule has 8 nitrogen and oxygen atoms in total. The average Bonchev–Trinajstić information content (AvgIpc) is 3.04. The summed E-state index contributed by atoms with van der Waals surface area (Å²) in [6.07, 6.45) is 4.40. The van der Waals surface area contributed by atoms with E-state index in [4.69, 9.17) is 11.1 Å². The molecule has 4 rings (SSSR count). The molecular weight excluding hydrogens is 582 g/mol. The summed E-state index contributed by atoms with van der Waals surface area (Å²) < 4.78 is 16.9. The fraction of sp³-hybridized carbons (Fsp3) is 0.417. The molecule has 0 bridgehead atoms. The Kier molecular flexibility index (Phi) is 11.8. The largest absolute Gasteiger partial charge is 0.593 e. The van der Waals surface area contributed by atoms with Crippen molar-refractivity contribution in [2.45, 2.75) is 75.6 Å². The minimum atomic E-state index is -1.65. The second-order valence-corrected chi connectivity index (χ2v) is 14.2. The number of hydrogen-bond donors (Lipinski definition) is 4. The smallest absolute Gasteiger partial charge is 0.244 e. The molecule has 1 saturated heterocycles. The van der Waals surface area contributed by atoms with Crippen LogP contribution in [0.4, 0.5) is 0 Å². The van der Waals surface area contributed by atoms with E-state index in [1.165, 1.54) is 5.56 Å². The molecule has 2 atom stereocenters. The van der Waals surface area contributed by atoms with Crippen molar-refractivity contribution in [3.05, 3.63) is 89.5 Å². The van der Waals surface area contributed by atoms with Gasteiger partial charge in [-0.2, -0.15) is 0 Å². The van der Waals surface area contributed by atoms with Crippen molar-refractivity contribution in [3.8, 4) is 11.1 Å². The normalized spacial score (nSPS) is 15.4. The Morgan fingerprint density at radius 2 is 1.71 bits per heavy atom. The monoisotopic (exact) mass is 629 g/mol. The molecule has 0 radical (unpaired) electrons. The molecule has 45 heavy (non-hydrogen) atoms. The molecule has 5 N–H and O–H groups in total. The highest BCUT2D eigenvalue weighted by molar-refractivity contribution is 7.89. The second-order valence-electron chi connectivity index (χ2n) is 12.9. The van der Waals surface area contributed by atoms with Gasteiger partial charge in [-0.3, -0.25) is 15.0 Å². The highest BCUT2D eigenvalue weighted by Crippen LogP contribution is 2.28. The summed E-state index contributed by atoms with van der Waals surface area (Å²) in [6.45, 7) is 7.81. The number of carbonyl (C=O) groups is 2. The van der Waals surface area contributed by atoms with Gasteiger partial charge in [0, 0.05) is 44.6 Å². The quantitative estimate of drug-likeness (QED) is 0.122. The highest BCUT2D eigenvalue weighted by Gasteiger charge is 2.32. The lowest BCUT2D eigenvalue weighted by atomic mass is 9.86. The Labute approximate surface area is 271 Å². The predicted molar refractivity (Wildman–Crippen MR) is 182 cm³/mol. The zero-order valence-corrected chi connectivity index (χ0v) is 27.7. The van der Waals surface area contributed by atoms with Crippen LogP contribution in [-0.4, -0.2) is 53.3 Å². The van der Waals surface area contributed by atoms with Gasteiger partial charge >= 0.3 is 0 Å². The number of nitrogens with zero attached hydrogens (tertiary/aromatic N) is 1. The maximum absolute atomic E-state index is 13.9. The Bertz CT molecular complexity index is 1460. The van der Waals surface area contributed by atoms with Crippen LogP contribution in [-0.2, 0) is 32.8 Å². The zero-order valence-electron chi connectivity index (χ0n) is 26.9. The Morgan fingerprint density at radius 1 is 1.02 bits per heavy atom. The maximum Gasteiger partial charge on any atom is 0.244 e. The van der Waals surface area contributed by atoms with Gasteiger partial charge in [0.15, 0.2) is 4.90 Å². The van der Waals surface area contributed by atoms with Crippen molar-refractivity contribution in [1.82, 2.24) is 14.9 Å². The van der Waals surface area contributed by atoms with E-state index in [2.05, 4.69) is 55.1 Å². The Hall–Kier alpha value is -3.66. The van der Waals surface area contributed by atoms with E-state index in [-0.39, 0.29) is 23.1 Å². The van der Waals surface area contributed by atoms with Crippen LogP contribution < -0.4 is 15.8 Å². The van der Waals surface area contributed by atoms with E-state index >= 15 is 0 Å². The SMILES string of the molecule is CNC(=O)CCCC1CCN(C(=O)[C@H](Cc2cccc(C(=N)N)c2)N[S+]([O-])c2cccc(-c3ccc(C(C)(C)C)cc3)c2)CC1. The standard InChI is InChI=1S/C36H47N5O3S/c1-36(2,3)30-16-14-27(15-17-30)28-10-7-12-31(24-28)45(44)40-32(23-26-9-5-11-29(22-26)34(37)38)35(43)41-20-18-25(19-21-41)8-6-13-33(42)39-4/h5,7,9-12,14-17,22,24-25,32,40H,6,8,13,18-21,23H2,1-4H3,(H3,37,38)(H,39,42)/t32-,45?/m0/s1. The number of piperidine rings is 1. The fourth-order valence-electron chi connectivity index (χ4n) is 5.77. The van der Waals surface area contributed by atoms with Gasteiger partial charge in [-0.05, 0) is 71.4 Å². The Balaban J connectivity index is 1.49. The summed E-state index contributed by atoms with van der Waals surface area (Å²) in [7, 11) is 1.66. The van der Waals surface area contributed by atoms with Crippen molar-refractivity contribution >= 4 is 29.0 Å². The summed E-state index contributed by atoms with van der Waals surface area (Å²) in [5.74, 6) is 0.408. The van der Waals surface area contributed by atoms with Crippen molar-refractivity contribution in [2.24, 2.45) is 11.7 Å². The topological polar surface area (TPSA) is 134 Å². The van der Waals surface area contributed by atoms with E-state index in [1.807, 2.05) is 47.4 Å². The number of nitrogen functional groups attached to an aromatic ring is 1. The molecule has 1 aliphatic heterocycles. The van der Waals surface area contributed by atoms with Gasteiger partial charge in [-0.1, -0.05) is 75.4 Å². The van der Waals surface area contributed by atoms with Crippen LogP contribution in [0.25, 0.3) is 11.1 Å². The Morgan fingerprint density at radius 3 is 2.36 bits per heavy atom. The number of nitrogens with two attached hydrogens (primary N) is 1.